The van der Waals surface area contributed by atoms with E-state index in [1.54, 1.807) is 11.9 Å². The summed E-state index contributed by atoms with van der Waals surface area (Å²) in [5.41, 5.74) is 3.58. The lowest BCUT2D eigenvalue weighted by atomic mass is 10.1. The fourth-order valence-corrected chi connectivity index (χ4v) is 4.68. The third-order valence-corrected chi connectivity index (χ3v) is 6.32. The summed E-state index contributed by atoms with van der Waals surface area (Å²) < 4.78 is 2.49. The van der Waals surface area contributed by atoms with Gasteiger partial charge in [0.15, 0.2) is 5.82 Å². The minimum atomic E-state index is -0.324. The molecule has 2 aromatic heterocycles. The zero-order valence-electron chi connectivity index (χ0n) is 14.9. The zero-order chi connectivity index (χ0) is 19.6. The normalized spacial score (nSPS) is 15.5. The molecule has 0 radical (unpaired) electrons. The van der Waals surface area contributed by atoms with Gasteiger partial charge in [0, 0.05) is 22.6 Å². The van der Waals surface area contributed by atoms with Gasteiger partial charge in [-0.2, -0.15) is 9.50 Å². The third-order valence-electron chi connectivity index (χ3n) is 4.80. The number of aromatic nitrogens is 3. The van der Waals surface area contributed by atoms with Gasteiger partial charge >= 0.3 is 0 Å². The van der Waals surface area contributed by atoms with E-state index in [1.165, 1.54) is 15.9 Å². The van der Waals surface area contributed by atoms with E-state index in [0.29, 0.717) is 20.9 Å². The largest absolute Gasteiger partial charge is 0.311 e. The molecule has 0 bridgehead atoms. The Morgan fingerprint density at radius 3 is 2.54 bits per heavy atom. The van der Waals surface area contributed by atoms with Gasteiger partial charge in [-0.1, -0.05) is 57.1 Å². The summed E-state index contributed by atoms with van der Waals surface area (Å²) >= 11 is 4.64. The molecule has 4 aromatic rings. The first-order valence-corrected chi connectivity index (χ1v) is 10.1. The van der Waals surface area contributed by atoms with E-state index >= 15 is 0 Å². The predicted molar refractivity (Wildman–Crippen MR) is 113 cm³/mol. The van der Waals surface area contributed by atoms with Crippen LogP contribution in [0.15, 0.2) is 51.7 Å². The Labute approximate surface area is 171 Å². The molecule has 2 aromatic carbocycles. The Balaban J connectivity index is 1.75. The van der Waals surface area contributed by atoms with Crippen LogP contribution in [0, 0.1) is 6.92 Å². The second kappa shape index (κ2) is 6.08. The Bertz CT molecular complexity index is 1390. The zero-order valence-corrected chi connectivity index (χ0v) is 17.3. The number of amides is 1. The Kier molecular flexibility index (Phi) is 3.75. The molecule has 3 heterocycles. The number of benzene rings is 2. The van der Waals surface area contributed by atoms with Crippen LogP contribution < -0.4 is 15.0 Å². The van der Waals surface area contributed by atoms with Gasteiger partial charge in [-0.15, -0.1) is 5.10 Å². The van der Waals surface area contributed by atoms with Crippen LogP contribution in [0.4, 0.5) is 5.69 Å². The van der Waals surface area contributed by atoms with Crippen LogP contribution in [-0.2, 0) is 4.79 Å². The molecule has 0 saturated carbocycles. The molecule has 0 N–H and O–H groups in total. The van der Waals surface area contributed by atoms with Gasteiger partial charge in [-0.05, 0) is 25.1 Å². The number of halogens is 1. The van der Waals surface area contributed by atoms with Crippen LogP contribution in [0.5, 0.6) is 0 Å². The number of hydrogen-bond donors (Lipinski definition) is 0. The van der Waals surface area contributed by atoms with Crippen molar-refractivity contribution in [3.05, 3.63) is 73.0 Å². The van der Waals surface area contributed by atoms with Crippen molar-refractivity contribution >= 4 is 49.4 Å². The minimum Gasteiger partial charge on any atom is -0.311 e. The van der Waals surface area contributed by atoms with Crippen molar-refractivity contribution in [2.45, 2.75) is 6.92 Å². The van der Waals surface area contributed by atoms with Crippen LogP contribution in [0.2, 0.25) is 0 Å². The summed E-state index contributed by atoms with van der Waals surface area (Å²) in [4.78, 5) is 32.4. The number of nitrogens with zero attached hydrogens (tertiary/aromatic N) is 4. The molecular weight excluding hydrogens is 440 g/mol. The first-order chi connectivity index (χ1) is 13.4. The monoisotopic (exact) mass is 452 g/mol. The van der Waals surface area contributed by atoms with E-state index in [-0.39, 0.29) is 11.5 Å². The van der Waals surface area contributed by atoms with Crippen LogP contribution in [0.3, 0.4) is 0 Å². The molecule has 8 heteroatoms. The summed E-state index contributed by atoms with van der Waals surface area (Å²) in [6.45, 7) is 2.01. The average Bonchev–Trinajstić information content (AvgIpc) is 3.29. The Morgan fingerprint density at radius 2 is 1.82 bits per heavy atom. The molecule has 0 fully saturated rings. The van der Waals surface area contributed by atoms with Crippen LogP contribution in [0.1, 0.15) is 11.1 Å². The summed E-state index contributed by atoms with van der Waals surface area (Å²) in [6.07, 6.45) is 0. The number of aryl methyl sites for hydroxylation is 1. The number of rotatable bonds is 1. The summed E-state index contributed by atoms with van der Waals surface area (Å²) in [5.74, 6) is 0.298. The molecule has 1 aliphatic heterocycles. The molecule has 28 heavy (non-hydrogen) atoms. The number of likely N-dealkylation sites (N-methyl/N-ethyl adjacent to an activating group) is 1. The Hall–Kier alpha value is -2.84. The maximum atomic E-state index is 13.0. The first-order valence-electron chi connectivity index (χ1n) is 8.53. The highest BCUT2D eigenvalue weighted by molar-refractivity contribution is 9.10. The first kappa shape index (κ1) is 17.3. The van der Waals surface area contributed by atoms with Gasteiger partial charge in [0.1, 0.15) is 4.53 Å². The van der Waals surface area contributed by atoms with Crippen molar-refractivity contribution in [1.82, 2.24) is 14.6 Å². The standard InChI is InChI=1S/C20H13BrN4O2S/c1-10-3-5-11(6-4-10)17-22-20-25(23-17)19(27)16(28-20)15-13-9-12(21)7-8-14(13)24(2)18(15)26/h3-9H,1-2H3. The van der Waals surface area contributed by atoms with Gasteiger partial charge in [-0.3, -0.25) is 9.59 Å². The maximum Gasteiger partial charge on any atom is 0.291 e. The topological polar surface area (TPSA) is 67.6 Å². The fourth-order valence-electron chi connectivity index (χ4n) is 3.32. The van der Waals surface area contributed by atoms with Crippen molar-refractivity contribution in [1.29, 1.82) is 0 Å². The number of anilines is 1. The highest BCUT2D eigenvalue weighted by Crippen LogP contribution is 2.36. The molecule has 6 nitrogen and oxygen atoms in total. The predicted octanol–water partition coefficient (Wildman–Crippen LogP) is 2.78. The quantitative estimate of drug-likeness (QED) is 0.445. The number of carbonyl (C=O) groups is 1. The van der Waals surface area contributed by atoms with Gasteiger partial charge in [-0.25, -0.2) is 0 Å². The molecule has 0 saturated heterocycles. The lowest BCUT2D eigenvalue weighted by molar-refractivity contribution is -0.112. The van der Waals surface area contributed by atoms with Crippen LogP contribution >= 0.6 is 27.3 Å². The fraction of sp³-hybridized carbons (Fsp3) is 0.100. The molecule has 5 rings (SSSR count). The van der Waals surface area contributed by atoms with Crippen molar-refractivity contribution in [2.24, 2.45) is 0 Å². The number of fused-ring (bicyclic) bond motifs is 2. The number of thiazole rings is 1. The van der Waals surface area contributed by atoms with Gasteiger partial charge in [0.25, 0.3) is 11.5 Å². The second-order valence-corrected chi connectivity index (χ2v) is 8.53. The van der Waals surface area contributed by atoms with E-state index in [2.05, 4.69) is 26.0 Å². The van der Waals surface area contributed by atoms with Crippen LogP contribution in [0.25, 0.3) is 21.9 Å². The van der Waals surface area contributed by atoms with E-state index in [4.69, 9.17) is 0 Å². The highest BCUT2D eigenvalue weighted by atomic mass is 79.9. The smallest absolute Gasteiger partial charge is 0.291 e. The lowest BCUT2D eigenvalue weighted by Crippen LogP contribution is -2.30. The van der Waals surface area contributed by atoms with Gasteiger partial charge < -0.3 is 4.90 Å². The van der Waals surface area contributed by atoms with Crippen molar-refractivity contribution < 1.29 is 4.79 Å². The third kappa shape index (κ3) is 2.45. The van der Waals surface area contributed by atoms with E-state index < -0.39 is 0 Å². The van der Waals surface area contributed by atoms with Crippen LogP contribution in [-0.4, -0.2) is 27.6 Å². The summed E-state index contributed by atoms with van der Waals surface area (Å²) in [5, 5.41) is 4.38. The molecule has 138 valence electrons. The maximum absolute atomic E-state index is 13.0. The van der Waals surface area contributed by atoms with Crippen molar-refractivity contribution in [2.75, 3.05) is 11.9 Å². The molecular formula is C20H13BrN4O2S. The van der Waals surface area contributed by atoms with Crippen molar-refractivity contribution in [3.8, 4) is 11.4 Å². The second-order valence-electron chi connectivity index (χ2n) is 6.63. The molecule has 0 spiro atoms. The molecule has 0 unspecified atom stereocenters. The molecule has 1 amide bonds. The SMILES string of the molecule is Cc1ccc(-c2nc3sc(=C4C(=O)N(C)c5ccc(Br)cc54)c(=O)n3n2)cc1. The number of hydrogen-bond acceptors (Lipinski definition) is 5. The van der Waals surface area contributed by atoms with E-state index in [9.17, 15) is 9.59 Å². The minimum absolute atomic E-state index is 0.200. The van der Waals surface area contributed by atoms with E-state index in [1.807, 2.05) is 49.4 Å². The molecule has 0 aliphatic carbocycles. The lowest BCUT2D eigenvalue weighted by Gasteiger charge is -2.08. The van der Waals surface area contributed by atoms with Gasteiger partial charge in [0.05, 0.1) is 11.3 Å². The molecule has 0 atom stereocenters. The van der Waals surface area contributed by atoms with E-state index in [0.717, 1.165) is 26.9 Å². The number of carbonyl (C=O) groups excluding carboxylic acids is 1. The summed E-state index contributed by atoms with van der Waals surface area (Å²) in [6, 6.07) is 13.4. The Morgan fingerprint density at radius 1 is 1.07 bits per heavy atom. The van der Waals surface area contributed by atoms with Gasteiger partial charge in [0.2, 0.25) is 4.96 Å². The van der Waals surface area contributed by atoms with Crippen molar-refractivity contribution in [3.63, 3.8) is 0 Å². The summed E-state index contributed by atoms with van der Waals surface area (Å²) in [7, 11) is 1.71. The average molecular weight is 453 g/mol. The highest BCUT2D eigenvalue weighted by Gasteiger charge is 2.32. The molecule has 1 aliphatic rings.